The van der Waals surface area contributed by atoms with Gasteiger partial charge in [-0.25, -0.2) is 8.78 Å². The van der Waals surface area contributed by atoms with E-state index in [2.05, 4.69) is 103 Å². The lowest BCUT2D eigenvalue weighted by Gasteiger charge is -2.03. The second kappa shape index (κ2) is 15.9. The summed E-state index contributed by atoms with van der Waals surface area (Å²) in [5.74, 6) is -0.548. The maximum atomic E-state index is 12.9. The van der Waals surface area contributed by atoms with E-state index in [1.807, 2.05) is 5.38 Å². The summed E-state index contributed by atoms with van der Waals surface area (Å²) < 4.78 is 35.5. The molecule has 0 saturated carbocycles. The minimum Gasteiger partial charge on any atom is -0.392 e. The Hall–Kier alpha value is 0.830. The summed E-state index contributed by atoms with van der Waals surface area (Å²) in [4.78, 5) is 0. The summed E-state index contributed by atoms with van der Waals surface area (Å²) in [5, 5.41) is 13.6. The molecule has 4 aromatic rings. The molecule has 0 saturated heterocycles. The Morgan fingerprint density at radius 3 is 1.59 bits per heavy atom. The van der Waals surface area contributed by atoms with E-state index in [1.54, 1.807) is 17.5 Å². The Labute approximate surface area is 254 Å². The minimum atomic E-state index is -0.300. The van der Waals surface area contributed by atoms with Gasteiger partial charge in [0.2, 0.25) is 0 Å². The molecule has 0 fully saturated rings. The normalized spacial score (nSPS) is 10.4. The van der Waals surface area contributed by atoms with Crippen molar-refractivity contribution in [3.8, 4) is 22.5 Å². The number of benzene rings is 2. The quantitative estimate of drug-likeness (QED) is 0.164. The first kappa shape index (κ1) is 31.1. The van der Waals surface area contributed by atoms with Crippen molar-refractivity contribution in [3.63, 3.8) is 0 Å². The third-order valence-electron chi connectivity index (χ3n) is 3.97. The summed E-state index contributed by atoms with van der Waals surface area (Å²) in [7, 11) is 0. The average Bonchev–Trinajstić information content (AvgIpc) is 3.43. The largest absolute Gasteiger partial charge is 0.392 e. The topological polar surface area (TPSA) is 46.0 Å². The van der Waals surface area contributed by atoms with Crippen LogP contribution in [0.5, 0.6) is 0 Å². The van der Waals surface area contributed by atoms with Crippen molar-refractivity contribution < 1.29 is 13.9 Å². The van der Waals surface area contributed by atoms with Crippen LogP contribution in [-0.4, -0.2) is 13.9 Å². The van der Waals surface area contributed by atoms with Gasteiger partial charge in [0, 0.05) is 47.3 Å². The molecule has 2 heterocycles. The van der Waals surface area contributed by atoms with Gasteiger partial charge in [-0.05, 0) is 138 Å². The average molecular weight is 910 g/mol. The predicted molar refractivity (Wildman–Crippen MR) is 163 cm³/mol. The maximum absolute atomic E-state index is 12.9. The zero-order chi connectivity index (χ0) is 25.3. The van der Waals surface area contributed by atoms with Crippen molar-refractivity contribution in [2.75, 3.05) is 0 Å². The van der Waals surface area contributed by atoms with Crippen molar-refractivity contribution in [2.45, 2.75) is 11.9 Å². The molecule has 0 aliphatic rings. The lowest BCUT2D eigenvalue weighted by atomic mass is 10.1. The summed E-state index contributed by atoms with van der Waals surface area (Å²) in [5.41, 5.74) is 5.20. The van der Waals surface area contributed by atoms with Crippen LogP contribution < -0.4 is 0 Å². The molecule has 0 bridgehead atoms. The lowest BCUT2D eigenvalue weighted by molar-refractivity contribution is 0.282. The zero-order valence-corrected chi connectivity index (χ0v) is 28.7. The van der Waals surface area contributed by atoms with Gasteiger partial charge in [-0.15, -0.1) is 0 Å². The highest BCUT2D eigenvalue weighted by Gasteiger charge is 2.12. The molecule has 0 radical (unpaired) electrons. The first-order chi connectivity index (χ1) is 16.2. The summed E-state index contributed by atoms with van der Waals surface area (Å²) in [6.45, 7) is -0.0599. The van der Waals surface area contributed by atoms with Crippen molar-refractivity contribution in [2.24, 2.45) is 0 Å². The molecule has 0 aliphatic carbocycles. The van der Waals surface area contributed by atoms with E-state index in [0.29, 0.717) is 10.2 Å². The molecular weight excluding hydrogens is 897 g/mol. The molecule has 1 N–H and O–H groups in total. The molecule has 2 aromatic carbocycles. The van der Waals surface area contributed by atoms with E-state index >= 15 is 0 Å². The van der Waals surface area contributed by atoms with Gasteiger partial charge in [0.05, 0.1) is 18.0 Å². The number of alkyl halides is 1. The van der Waals surface area contributed by atoms with Gasteiger partial charge in [-0.3, -0.25) is 0 Å². The van der Waals surface area contributed by atoms with Crippen LogP contribution in [0, 0.1) is 11.6 Å². The molecule has 4 rings (SSSR count). The highest BCUT2D eigenvalue weighted by atomic mass is 80.0. The second-order valence-corrected chi connectivity index (χ2v) is 25.0. The summed E-state index contributed by atoms with van der Waals surface area (Å²) in [6, 6.07) is 9.04. The van der Waals surface area contributed by atoms with Crippen molar-refractivity contribution >= 4 is 121 Å². The number of hydrogen-bond donors (Lipinski definition) is 1. The van der Waals surface area contributed by atoms with Gasteiger partial charge >= 0.3 is 0 Å². The number of aliphatic hydroxyl groups excluding tert-OH is 1. The Morgan fingerprint density at radius 1 is 0.794 bits per heavy atom. The Morgan fingerprint density at radius 2 is 1.21 bits per heavy atom. The second-order valence-electron chi connectivity index (χ2n) is 6.11. The predicted octanol–water partition coefficient (Wildman–Crippen LogP) is 11.2. The molecule has 0 spiro atoms. The molecule has 0 amide bonds. The first-order valence-corrected chi connectivity index (χ1v) is 20.7. The summed E-state index contributed by atoms with van der Waals surface area (Å²) in [6.07, 6.45) is 0. The standard InChI is InChI=1S/C10H6Br2FNS.C10H7BrFNOS.Br3P/c11-4-6-5-15-14-10(6)8-2-1-7(13)3-9(8)12;11-9-3-7(12)1-2-8(9)10-6(4-14)5-15-13-10;1-4(2)3/h1-3,5H,4H2;1-3,5,14H,4H2;. The Balaban J connectivity index is 0.000000208. The van der Waals surface area contributed by atoms with Crippen molar-refractivity contribution in [3.05, 3.63) is 78.9 Å². The van der Waals surface area contributed by atoms with E-state index in [0.717, 1.165) is 37.8 Å². The third-order valence-corrected chi connectivity index (χ3v) is 7.25. The number of aromatic nitrogens is 2. The third kappa shape index (κ3) is 9.61. The van der Waals surface area contributed by atoms with Gasteiger partial charge in [0.25, 0.3) is 0 Å². The van der Waals surface area contributed by atoms with E-state index < -0.39 is 0 Å². The molecule has 0 unspecified atom stereocenters. The summed E-state index contributed by atoms with van der Waals surface area (Å²) >= 11 is 22.2. The number of aliphatic hydroxyl groups is 1. The van der Waals surface area contributed by atoms with Crippen LogP contribution in [0.3, 0.4) is 0 Å². The highest BCUT2D eigenvalue weighted by Crippen LogP contribution is 2.59. The Bertz CT molecular complexity index is 1120. The van der Waals surface area contributed by atoms with Crippen LogP contribution in [0.15, 0.2) is 56.1 Å². The van der Waals surface area contributed by atoms with Crippen LogP contribution in [0.25, 0.3) is 22.5 Å². The smallest absolute Gasteiger partial charge is 0.124 e. The van der Waals surface area contributed by atoms with Crippen molar-refractivity contribution in [1.29, 1.82) is 0 Å². The van der Waals surface area contributed by atoms with Crippen LogP contribution in [-0.2, 0) is 11.9 Å². The molecule has 182 valence electrons. The van der Waals surface area contributed by atoms with Gasteiger partial charge < -0.3 is 5.11 Å². The number of halogens is 8. The fourth-order valence-corrected chi connectivity index (χ4v) is 5.63. The fraction of sp³-hybridized carbons (Fsp3) is 0.100. The number of hydrogen-bond acceptors (Lipinski definition) is 5. The monoisotopic (exact) mass is 904 g/mol. The maximum Gasteiger partial charge on any atom is 0.124 e. The molecule has 0 atom stereocenters. The van der Waals surface area contributed by atoms with Crippen LogP contribution in [0.1, 0.15) is 11.1 Å². The van der Waals surface area contributed by atoms with Gasteiger partial charge in [0.1, 0.15) is 15.7 Å². The van der Waals surface area contributed by atoms with Gasteiger partial charge in [-0.2, -0.15) is 8.75 Å². The number of rotatable bonds is 4. The SMILES string of the molecule is BrP(Br)Br.Fc1ccc(-c2nscc2CBr)c(Br)c1.OCc1csnc1-c1ccc(F)cc1Br. The van der Waals surface area contributed by atoms with E-state index in [4.69, 9.17) is 5.11 Å². The first-order valence-electron chi connectivity index (χ1n) is 8.89. The van der Waals surface area contributed by atoms with Gasteiger partial charge in [-0.1, -0.05) is 15.9 Å². The zero-order valence-electron chi connectivity index (χ0n) is 16.7. The molecule has 0 aliphatic heterocycles. The molecule has 14 heteroatoms. The van der Waals surface area contributed by atoms with Crippen LogP contribution >= 0.6 is 121 Å². The van der Waals surface area contributed by atoms with Crippen molar-refractivity contribution in [1.82, 2.24) is 8.75 Å². The minimum absolute atomic E-state index is 0.0599. The highest BCUT2D eigenvalue weighted by molar-refractivity contribution is 9.93. The Kier molecular flexibility index (Phi) is 14.6. The fourth-order valence-electron chi connectivity index (χ4n) is 2.53. The van der Waals surface area contributed by atoms with Crippen LogP contribution in [0.4, 0.5) is 8.78 Å². The lowest BCUT2D eigenvalue weighted by Crippen LogP contribution is -1.88. The molecule has 3 nitrogen and oxygen atoms in total. The number of nitrogens with zero attached hydrogens (tertiary/aromatic N) is 2. The molecule has 2 aromatic heterocycles. The molecule has 34 heavy (non-hydrogen) atoms. The van der Waals surface area contributed by atoms with E-state index in [-0.39, 0.29) is 22.3 Å². The van der Waals surface area contributed by atoms with E-state index in [1.165, 1.54) is 47.3 Å². The molecular formula is C20H13Br6F2N2OPS2. The van der Waals surface area contributed by atoms with E-state index in [9.17, 15) is 8.78 Å². The van der Waals surface area contributed by atoms with Crippen LogP contribution in [0.2, 0.25) is 0 Å². The van der Waals surface area contributed by atoms with Gasteiger partial charge in [0.15, 0.2) is 0 Å².